The van der Waals surface area contributed by atoms with E-state index < -0.39 is 0 Å². The highest BCUT2D eigenvalue weighted by molar-refractivity contribution is 6.31. The zero-order chi connectivity index (χ0) is 34.6. The molecule has 4 heterocycles. The van der Waals surface area contributed by atoms with Gasteiger partial charge < -0.3 is 23.9 Å². The standard InChI is InChI=1S/C48H29N4O/c1-3-14-30(15-4-1)46-35-20-9-11-21-38(35)49-48(50-46)52-40-26-24-34-33-19-10-12-22-43(33)53-47(34)45(40)37-27-36-41(28-42(37)52)51(31-16-5-2-6-17-31)39-25-23-29-13-7-8-18-32(29)44(36)39/h1-28,46H/q-1. The van der Waals surface area contributed by atoms with Gasteiger partial charge in [0.25, 0.3) is 0 Å². The molecule has 1 aliphatic rings. The number of para-hydroxylation sites is 3. The Bertz CT molecular complexity index is 3310. The van der Waals surface area contributed by atoms with Crippen molar-refractivity contribution in [3.05, 3.63) is 186 Å². The van der Waals surface area contributed by atoms with Crippen LogP contribution in [0.25, 0.3) is 87.3 Å². The molecule has 0 saturated carbocycles. The maximum atomic E-state index is 6.78. The second-order valence-corrected chi connectivity index (χ2v) is 13.9. The molecule has 0 radical (unpaired) electrons. The minimum absolute atomic E-state index is 0.201. The third-order valence-electron chi connectivity index (χ3n) is 11.1. The van der Waals surface area contributed by atoms with Crippen LogP contribution in [0.4, 0.5) is 5.69 Å². The van der Waals surface area contributed by atoms with Crippen molar-refractivity contribution >= 4 is 88.0 Å². The number of furan rings is 1. The minimum atomic E-state index is -0.201. The number of aliphatic imine (C=N–C) groups is 1. The molecule has 1 aliphatic heterocycles. The van der Waals surface area contributed by atoms with Gasteiger partial charge in [0.15, 0.2) is 0 Å². The summed E-state index contributed by atoms with van der Waals surface area (Å²) in [5.74, 6) is 0.653. The molecule has 0 saturated heterocycles. The molecule has 0 amide bonds. The molecule has 12 rings (SSSR count). The SMILES string of the molecule is c1ccc(C2[N-]C(n3c4cc5c(cc4c4c6oc7ccccc7c6ccc43)c3c4ccccc4ccc3n5-c3ccccc3)=Nc3ccccc32)cc1. The van der Waals surface area contributed by atoms with E-state index in [-0.39, 0.29) is 6.04 Å². The van der Waals surface area contributed by atoms with Gasteiger partial charge in [-0.2, -0.15) is 0 Å². The maximum absolute atomic E-state index is 6.78. The van der Waals surface area contributed by atoms with Crippen molar-refractivity contribution < 1.29 is 4.42 Å². The summed E-state index contributed by atoms with van der Waals surface area (Å²) in [6.07, 6.45) is 0. The summed E-state index contributed by atoms with van der Waals surface area (Å²) in [6.45, 7) is 0. The highest BCUT2D eigenvalue weighted by atomic mass is 16.3. The van der Waals surface area contributed by atoms with Crippen LogP contribution >= 0.6 is 0 Å². The fourth-order valence-electron chi connectivity index (χ4n) is 8.77. The quantitative estimate of drug-likeness (QED) is 0.180. The summed E-state index contributed by atoms with van der Waals surface area (Å²) in [5, 5.41) is 14.7. The third kappa shape index (κ3) is 3.99. The van der Waals surface area contributed by atoms with Gasteiger partial charge in [-0.3, -0.25) is 0 Å². The average molecular weight is 678 g/mol. The van der Waals surface area contributed by atoms with Crippen LogP contribution in [-0.2, 0) is 0 Å². The highest BCUT2D eigenvalue weighted by Gasteiger charge is 2.24. The highest BCUT2D eigenvalue weighted by Crippen LogP contribution is 2.46. The van der Waals surface area contributed by atoms with E-state index in [2.05, 4.69) is 173 Å². The van der Waals surface area contributed by atoms with Crippen molar-refractivity contribution in [3.8, 4) is 5.69 Å². The van der Waals surface area contributed by atoms with Crippen LogP contribution in [0.1, 0.15) is 17.2 Å². The lowest BCUT2D eigenvalue weighted by Crippen LogP contribution is -2.18. The van der Waals surface area contributed by atoms with E-state index in [1.807, 2.05) is 6.07 Å². The lowest BCUT2D eigenvalue weighted by atomic mass is 9.96. The first kappa shape index (κ1) is 28.6. The molecule has 53 heavy (non-hydrogen) atoms. The van der Waals surface area contributed by atoms with Crippen LogP contribution in [0.3, 0.4) is 0 Å². The minimum Gasteiger partial charge on any atom is -0.455 e. The van der Waals surface area contributed by atoms with E-state index in [1.165, 1.54) is 27.1 Å². The van der Waals surface area contributed by atoms with Gasteiger partial charge in [0.05, 0.1) is 11.0 Å². The monoisotopic (exact) mass is 677 g/mol. The largest absolute Gasteiger partial charge is 0.455 e. The Balaban J connectivity index is 1.26. The van der Waals surface area contributed by atoms with Gasteiger partial charge in [-0.05, 0) is 75.4 Å². The van der Waals surface area contributed by atoms with Gasteiger partial charge >= 0.3 is 0 Å². The Morgan fingerprint density at radius 2 is 1.17 bits per heavy atom. The van der Waals surface area contributed by atoms with Crippen LogP contribution in [0, 0.1) is 0 Å². The lowest BCUT2D eigenvalue weighted by Gasteiger charge is -2.35. The van der Waals surface area contributed by atoms with Crippen molar-refractivity contribution in [3.63, 3.8) is 0 Å². The van der Waals surface area contributed by atoms with E-state index >= 15 is 0 Å². The molecular formula is C48H29N4O-. The first-order chi connectivity index (χ1) is 26.3. The fourth-order valence-corrected chi connectivity index (χ4v) is 8.77. The van der Waals surface area contributed by atoms with E-state index in [9.17, 15) is 0 Å². The summed E-state index contributed by atoms with van der Waals surface area (Å²) in [5.41, 5.74) is 10.3. The van der Waals surface area contributed by atoms with Gasteiger partial charge in [0.2, 0.25) is 0 Å². The number of rotatable bonds is 2. The van der Waals surface area contributed by atoms with Crippen molar-refractivity contribution in [1.29, 1.82) is 0 Å². The van der Waals surface area contributed by atoms with Gasteiger partial charge in [-0.15, -0.1) is 0 Å². The van der Waals surface area contributed by atoms with Crippen LogP contribution in [0.15, 0.2) is 179 Å². The van der Waals surface area contributed by atoms with E-state index in [0.717, 1.165) is 71.8 Å². The Labute approximate surface area is 303 Å². The molecule has 5 heteroatoms. The number of nitrogens with zero attached hydrogens (tertiary/aromatic N) is 4. The van der Waals surface area contributed by atoms with Crippen LogP contribution in [0.5, 0.6) is 0 Å². The Morgan fingerprint density at radius 1 is 0.491 bits per heavy atom. The maximum Gasteiger partial charge on any atom is 0.144 e. The predicted octanol–water partition coefficient (Wildman–Crippen LogP) is 13.0. The van der Waals surface area contributed by atoms with E-state index in [1.54, 1.807) is 0 Å². The van der Waals surface area contributed by atoms with Gasteiger partial charge in [0.1, 0.15) is 11.2 Å². The van der Waals surface area contributed by atoms with Crippen LogP contribution < -0.4 is 0 Å². The van der Waals surface area contributed by atoms with Crippen molar-refractivity contribution in [2.45, 2.75) is 6.04 Å². The Morgan fingerprint density at radius 3 is 2.06 bits per heavy atom. The van der Waals surface area contributed by atoms with Gasteiger partial charge in [-0.25, -0.2) is 0 Å². The van der Waals surface area contributed by atoms with Gasteiger partial charge in [-0.1, -0.05) is 127 Å². The molecule has 5 nitrogen and oxygen atoms in total. The second-order valence-electron chi connectivity index (χ2n) is 13.9. The zero-order valence-electron chi connectivity index (χ0n) is 28.4. The average Bonchev–Trinajstić information content (AvgIpc) is 3.87. The van der Waals surface area contributed by atoms with Crippen LogP contribution in [0.2, 0.25) is 0 Å². The molecule has 0 N–H and O–H groups in total. The smallest absolute Gasteiger partial charge is 0.144 e. The Kier molecular flexibility index (Phi) is 5.77. The summed E-state index contributed by atoms with van der Waals surface area (Å²) in [6, 6.07) is 60.0. The molecule has 1 atom stereocenters. The second kappa shape index (κ2) is 10.7. The predicted molar refractivity (Wildman–Crippen MR) is 219 cm³/mol. The zero-order valence-corrected chi connectivity index (χ0v) is 28.4. The van der Waals surface area contributed by atoms with Crippen molar-refractivity contribution in [2.24, 2.45) is 4.99 Å². The van der Waals surface area contributed by atoms with Gasteiger partial charge in [0, 0.05) is 55.7 Å². The van der Waals surface area contributed by atoms with E-state index in [0.29, 0.717) is 5.96 Å². The first-order valence-electron chi connectivity index (χ1n) is 18.0. The number of aromatic nitrogens is 2. The number of hydrogen-bond donors (Lipinski definition) is 0. The van der Waals surface area contributed by atoms with Crippen molar-refractivity contribution in [1.82, 2.24) is 9.13 Å². The number of benzene rings is 8. The summed E-state index contributed by atoms with van der Waals surface area (Å²) in [7, 11) is 0. The van der Waals surface area contributed by atoms with Crippen LogP contribution in [-0.4, -0.2) is 15.1 Å². The molecule has 3 aromatic heterocycles. The van der Waals surface area contributed by atoms with E-state index in [4.69, 9.17) is 14.7 Å². The normalized spacial score (nSPS) is 14.5. The molecule has 248 valence electrons. The van der Waals surface area contributed by atoms with Crippen molar-refractivity contribution in [2.75, 3.05) is 0 Å². The third-order valence-corrected chi connectivity index (χ3v) is 11.1. The fraction of sp³-hybridized carbons (Fsp3) is 0.0208. The number of fused-ring (bicyclic) bond motifs is 13. The Hall–Kier alpha value is -7.11. The lowest BCUT2D eigenvalue weighted by molar-refractivity contribution is 0.673. The molecule has 0 aliphatic carbocycles. The molecule has 0 spiro atoms. The molecular weight excluding hydrogens is 649 g/mol. The molecule has 0 fully saturated rings. The molecule has 0 bridgehead atoms. The first-order valence-corrected chi connectivity index (χ1v) is 18.0. The molecule has 1 unspecified atom stereocenters. The summed E-state index contributed by atoms with van der Waals surface area (Å²) in [4.78, 5) is 5.31. The summed E-state index contributed by atoms with van der Waals surface area (Å²) >= 11 is 0. The molecule has 11 aromatic rings. The summed E-state index contributed by atoms with van der Waals surface area (Å²) < 4.78 is 11.4. The number of hydrogen-bond acceptors (Lipinski definition) is 2. The molecule has 8 aromatic carbocycles. The topological polar surface area (TPSA) is 49.5 Å².